The highest BCUT2D eigenvalue weighted by Gasteiger charge is 1.97. The SMILES string of the molecule is NC(=O)N(N)NC=O. The van der Waals surface area contributed by atoms with Crippen molar-refractivity contribution in [3.05, 3.63) is 0 Å². The predicted molar refractivity (Wildman–Crippen MR) is 24.8 cm³/mol. The van der Waals surface area contributed by atoms with Crippen LogP contribution in [0.4, 0.5) is 4.79 Å². The first-order valence-electron chi connectivity index (χ1n) is 1.72. The van der Waals surface area contributed by atoms with Crippen LogP contribution in [-0.2, 0) is 4.79 Å². The average Bonchev–Trinajstić information content (AvgIpc) is 1.67. The summed E-state index contributed by atoms with van der Waals surface area (Å²) in [6, 6.07) is -0.919. The third-order valence-corrected chi connectivity index (χ3v) is 0.429. The molecule has 0 saturated carbocycles. The van der Waals surface area contributed by atoms with Crippen LogP contribution in [0.15, 0.2) is 0 Å². The van der Waals surface area contributed by atoms with Crippen molar-refractivity contribution in [2.45, 2.75) is 0 Å². The van der Waals surface area contributed by atoms with E-state index in [1.807, 2.05) is 0 Å². The third-order valence-electron chi connectivity index (χ3n) is 0.429. The lowest BCUT2D eigenvalue weighted by Gasteiger charge is -2.08. The Morgan fingerprint density at radius 2 is 2.25 bits per heavy atom. The van der Waals surface area contributed by atoms with Crippen LogP contribution < -0.4 is 17.0 Å². The molecule has 6 nitrogen and oxygen atoms in total. The number of nitrogens with zero attached hydrogens (tertiary/aromatic N) is 1. The summed E-state index contributed by atoms with van der Waals surface area (Å²) in [6.07, 6.45) is 0.241. The van der Waals surface area contributed by atoms with Gasteiger partial charge >= 0.3 is 6.03 Å². The first-order chi connectivity index (χ1) is 3.68. The van der Waals surface area contributed by atoms with E-state index in [0.29, 0.717) is 5.12 Å². The fourth-order valence-electron chi connectivity index (χ4n) is 0.120. The monoisotopic (exact) mass is 118 g/mol. The molecule has 0 saturated heterocycles. The first-order valence-corrected chi connectivity index (χ1v) is 1.72. The van der Waals surface area contributed by atoms with Gasteiger partial charge in [-0.05, 0) is 0 Å². The van der Waals surface area contributed by atoms with Gasteiger partial charge < -0.3 is 5.73 Å². The number of hydrogen-bond acceptors (Lipinski definition) is 3. The van der Waals surface area contributed by atoms with Gasteiger partial charge in [-0.1, -0.05) is 0 Å². The van der Waals surface area contributed by atoms with Crippen LogP contribution in [0.3, 0.4) is 0 Å². The summed E-state index contributed by atoms with van der Waals surface area (Å²) in [5.74, 6) is 4.74. The van der Waals surface area contributed by atoms with Crippen molar-refractivity contribution in [3.8, 4) is 0 Å². The van der Waals surface area contributed by atoms with Crippen molar-refractivity contribution in [3.63, 3.8) is 0 Å². The van der Waals surface area contributed by atoms with Gasteiger partial charge in [-0.2, -0.15) is 5.12 Å². The zero-order chi connectivity index (χ0) is 6.57. The normalized spacial score (nSPS) is 7.62. The van der Waals surface area contributed by atoms with Crippen LogP contribution in [-0.4, -0.2) is 17.6 Å². The van der Waals surface area contributed by atoms with E-state index in [-0.39, 0.29) is 6.41 Å². The van der Waals surface area contributed by atoms with Gasteiger partial charge in [-0.3, -0.25) is 10.2 Å². The number of primary amides is 1. The van der Waals surface area contributed by atoms with Crippen LogP contribution >= 0.6 is 0 Å². The van der Waals surface area contributed by atoms with E-state index in [1.165, 1.54) is 0 Å². The number of hydrazine groups is 2. The number of carbonyl (C=O) groups is 2. The molecule has 0 radical (unpaired) electrons. The zero-order valence-corrected chi connectivity index (χ0v) is 4.00. The molecule has 5 N–H and O–H groups in total. The molecule has 0 rings (SSSR count). The summed E-state index contributed by atoms with van der Waals surface area (Å²) in [6.45, 7) is 0. The van der Waals surface area contributed by atoms with Gasteiger partial charge in [0, 0.05) is 0 Å². The number of nitrogens with two attached hydrogens (primary N) is 2. The molecule has 3 amide bonds. The summed E-state index contributed by atoms with van der Waals surface area (Å²) in [5, 5.41) is 0.368. The second-order valence-electron chi connectivity index (χ2n) is 0.955. The Bertz CT molecular complexity index is 102. The number of hydrogen-bond donors (Lipinski definition) is 3. The van der Waals surface area contributed by atoms with Gasteiger partial charge in [0.2, 0.25) is 6.41 Å². The highest BCUT2D eigenvalue weighted by molar-refractivity contribution is 5.72. The Hall–Kier alpha value is -1.30. The van der Waals surface area contributed by atoms with Crippen LogP contribution in [0, 0.1) is 0 Å². The van der Waals surface area contributed by atoms with E-state index < -0.39 is 6.03 Å². The van der Waals surface area contributed by atoms with Crippen molar-refractivity contribution in [2.24, 2.45) is 11.6 Å². The quantitative estimate of drug-likeness (QED) is 0.167. The lowest BCUT2D eigenvalue weighted by molar-refractivity contribution is -0.112. The molecule has 8 heavy (non-hydrogen) atoms. The van der Waals surface area contributed by atoms with E-state index in [1.54, 1.807) is 5.43 Å². The van der Waals surface area contributed by atoms with Gasteiger partial charge in [-0.25, -0.2) is 10.6 Å². The number of amides is 3. The standard InChI is InChI=1S/C2H6N4O2/c3-2(8)6(4)5-1-7/h1H,4H2,(H2,3,8)(H,5,7). The number of urea groups is 1. The van der Waals surface area contributed by atoms with E-state index in [9.17, 15) is 9.59 Å². The molecule has 0 heterocycles. The van der Waals surface area contributed by atoms with Crippen molar-refractivity contribution in [1.82, 2.24) is 10.5 Å². The van der Waals surface area contributed by atoms with Crippen LogP contribution in [0.1, 0.15) is 0 Å². The van der Waals surface area contributed by atoms with Gasteiger partial charge in [0.25, 0.3) is 0 Å². The van der Waals surface area contributed by atoms with Crippen LogP contribution in [0.25, 0.3) is 0 Å². The summed E-state index contributed by atoms with van der Waals surface area (Å²) in [5.41, 5.74) is 6.36. The van der Waals surface area contributed by atoms with Gasteiger partial charge in [0.05, 0.1) is 0 Å². The Kier molecular flexibility index (Phi) is 2.35. The maximum atomic E-state index is 9.89. The molecule has 0 aromatic rings. The summed E-state index contributed by atoms with van der Waals surface area (Å²) < 4.78 is 0. The predicted octanol–water partition coefficient (Wildman–Crippen LogP) is -2.10. The average molecular weight is 118 g/mol. The van der Waals surface area contributed by atoms with E-state index in [4.69, 9.17) is 5.84 Å². The molecular weight excluding hydrogens is 112 g/mol. The maximum absolute atomic E-state index is 9.89. The molecule has 0 aromatic carbocycles. The highest BCUT2D eigenvalue weighted by atomic mass is 16.2. The highest BCUT2D eigenvalue weighted by Crippen LogP contribution is 1.61. The third kappa shape index (κ3) is 1.98. The summed E-state index contributed by atoms with van der Waals surface area (Å²) in [4.78, 5) is 19.4. The van der Waals surface area contributed by atoms with Crippen molar-refractivity contribution < 1.29 is 9.59 Å². The van der Waals surface area contributed by atoms with Gasteiger partial charge in [0.1, 0.15) is 0 Å². The molecule has 0 aliphatic carbocycles. The van der Waals surface area contributed by atoms with E-state index in [0.717, 1.165) is 0 Å². The Labute approximate surface area is 45.4 Å². The summed E-state index contributed by atoms with van der Waals surface area (Å²) in [7, 11) is 0. The van der Waals surface area contributed by atoms with Crippen LogP contribution in [0.2, 0.25) is 0 Å². The fraction of sp³-hybridized carbons (Fsp3) is 0. The summed E-state index contributed by atoms with van der Waals surface area (Å²) >= 11 is 0. The molecule has 0 spiro atoms. The molecule has 0 bridgehead atoms. The smallest absolute Gasteiger partial charge is 0.348 e. The minimum Gasteiger partial charge on any atom is -0.349 e. The Morgan fingerprint density at radius 3 is 2.38 bits per heavy atom. The molecule has 46 valence electrons. The van der Waals surface area contributed by atoms with E-state index in [2.05, 4.69) is 5.73 Å². The lowest BCUT2D eigenvalue weighted by Crippen LogP contribution is -2.50. The maximum Gasteiger partial charge on any atom is 0.348 e. The molecule has 0 aromatic heterocycles. The second-order valence-corrected chi connectivity index (χ2v) is 0.955. The molecule has 0 fully saturated rings. The first kappa shape index (κ1) is 6.70. The Morgan fingerprint density at radius 1 is 1.75 bits per heavy atom. The molecule has 0 aliphatic rings. The Balaban J connectivity index is 3.46. The zero-order valence-electron chi connectivity index (χ0n) is 4.00. The molecule has 6 heteroatoms. The van der Waals surface area contributed by atoms with Crippen LogP contribution in [0.5, 0.6) is 0 Å². The number of nitrogens with one attached hydrogen (secondary N) is 1. The topological polar surface area (TPSA) is 101 Å². The van der Waals surface area contributed by atoms with Crippen molar-refractivity contribution in [2.75, 3.05) is 0 Å². The largest absolute Gasteiger partial charge is 0.349 e. The fourth-order valence-corrected chi connectivity index (χ4v) is 0.120. The van der Waals surface area contributed by atoms with E-state index >= 15 is 0 Å². The van der Waals surface area contributed by atoms with Gasteiger partial charge in [0.15, 0.2) is 0 Å². The molecule has 0 unspecified atom stereocenters. The van der Waals surface area contributed by atoms with Gasteiger partial charge in [-0.15, -0.1) is 0 Å². The number of rotatable bonds is 2. The minimum atomic E-state index is -0.919. The molecule has 0 aliphatic heterocycles. The molecule has 0 atom stereocenters. The molecular formula is C2H6N4O2. The second kappa shape index (κ2) is 2.80. The minimum absolute atomic E-state index is 0.241. The number of carbonyl (C=O) groups excluding carboxylic acids is 2. The van der Waals surface area contributed by atoms with Crippen molar-refractivity contribution in [1.29, 1.82) is 0 Å². The lowest BCUT2D eigenvalue weighted by atomic mass is 11.1. The van der Waals surface area contributed by atoms with Crippen molar-refractivity contribution >= 4 is 12.4 Å².